The topological polar surface area (TPSA) is 83.9 Å². The van der Waals surface area contributed by atoms with Gasteiger partial charge in [0.1, 0.15) is 11.6 Å². The lowest BCUT2D eigenvalue weighted by molar-refractivity contribution is -0.163. The van der Waals surface area contributed by atoms with Gasteiger partial charge in [-0.05, 0) is 51.3 Å². The predicted molar refractivity (Wildman–Crippen MR) is 87.7 cm³/mol. The van der Waals surface area contributed by atoms with Crippen LogP contribution in [0.2, 0.25) is 0 Å². The van der Waals surface area contributed by atoms with Crippen LogP contribution < -0.4 is 0 Å². The number of benzene rings is 1. The van der Waals surface area contributed by atoms with Crippen LogP contribution in [0.25, 0.3) is 0 Å². The number of ether oxygens (including phenoxy) is 1. The molecular formula is C18H23NO5. The number of carboxylic acid groups (broad SMARTS) is 1. The van der Waals surface area contributed by atoms with E-state index in [0.29, 0.717) is 13.0 Å². The number of esters is 1. The Labute approximate surface area is 141 Å². The molecule has 1 unspecified atom stereocenters. The Hall–Kier alpha value is -2.37. The second-order valence-corrected chi connectivity index (χ2v) is 6.96. The van der Waals surface area contributed by atoms with Gasteiger partial charge in [0.15, 0.2) is 0 Å². The van der Waals surface area contributed by atoms with E-state index in [1.807, 2.05) is 0 Å². The summed E-state index contributed by atoms with van der Waals surface area (Å²) in [6.45, 7) is 5.94. The smallest absolute Gasteiger partial charge is 0.335 e. The molecule has 1 fully saturated rings. The summed E-state index contributed by atoms with van der Waals surface area (Å²) in [4.78, 5) is 37.2. The van der Waals surface area contributed by atoms with Gasteiger partial charge >= 0.3 is 11.9 Å². The Kier molecular flexibility index (Phi) is 5.26. The summed E-state index contributed by atoms with van der Waals surface area (Å²) in [6.07, 6.45) is 1.52. The molecule has 0 saturated carbocycles. The minimum absolute atomic E-state index is 0.138. The van der Waals surface area contributed by atoms with Gasteiger partial charge in [0, 0.05) is 6.54 Å². The van der Waals surface area contributed by atoms with Crippen molar-refractivity contribution in [1.82, 2.24) is 4.90 Å². The number of hydrogen-bond acceptors (Lipinski definition) is 4. The molecule has 1 amide bonds. The molecule has 1 aromatic rings. The molecule has 1 aromatic carbocycles. The molecular weight excluding hydrogens is 310 g/mol. The van der Waals surface area contributed by atoms with E-state index >= 15 is 0 Å². The van der Waals surface area contributed by atoms with Gasteiger partial charge in [0.2, 0.25) is 5.91 Å². The molecule has 2 rings (SSSR count). The molecule has 0 bridgehead atoms. The van der Waals surface area contributed by atoms with Crippen molar-refractivity contribution in [2.75, 3.05) is 6.54 Å². The summed E-state index contributed by atoms with van der Waals surface area (Å²) in [7, 11) is 0. The Morgan fingerprint density at radius 2 is 1.83 bits per heavy atom. The van der Waals surface area contributed by atoms with Crippen molar-refractivity contribution in [3.8, 4) is 0 Å². The summed E-state index contributed by atoms with van der Waals surface area (Å²) in [5, 5.41) is 8.89. The highest BCUT2D eigenvalue weighted by Crippen LogP contribution is 2.22. The number of carboxylic acids is 1. The first-order chi connectivity index (χ1) is 11.2. The quantitative estimate of drug-likeness (QED) is 0.855. The summed E-state index contributed by atoms with van der Waals surface area (Å²) in [5.41, 5.74) is 0.319. The van der Waals surface area contributed by atoms with E-state index < -0.39 is 17.6 Å². The first-order valence-corrected chi connectivity index (χ1v) is 8.02. The first-order valence-electron chi connectivity index (χ1n) is 8.02. The zero-order valence-electron chi connectivity index (χ0n) is 14.2. The fourth-order valence-corrected chi connectivity index (χ4v) is 2.72. The van der Waals surface area contributed by atoms with Crippen LogP contribution in [0, 0.1) is 0 Å². The molecule has 1 saturated heterocycles. The Bertz CT molecular complexity index is 630. The van der Waals surface area contributed by atoms with Gasteiger partial charge in [-0.3, -0.25) is 4.79 Å². The molecule has 1 aliphatic rings. The summed E-state index contributed by atoms with van der Waals surface area (Å²) in [5.74, 6) is -1.52. The van der Waals surface area contributed by atoms with E-state index in [9.17, 15) is 14.4 Å². The van der Waals surface area contributed by atoms with Gasteiger partial charge in [-0.2, -0.15) is 0 Å². The zero-order valence-corrected chi connectivity index (χ0v) is 14.2. The third kappa shape index (κ3) is 4.57. The lowest BCUT2D eigenvalue weighted by Crippen LogP contribution is -2.44. The van der Waals surface area contributed by atoms with Crippen molar-refractivity contribution in [3.05, 3.63) is 35.4 Å². The van der Waals surface area contributed by atoms with Crippen LogP contribution in [0.4, 0.5) is 0 Å². The second kappa shape index (κ2) is 7.03. The summed E-state index contributed by atoms with van der Waals surface area (Å²) < 4.78 is 5.40. The lowest BCUT2D eigenvalue weighted by Gasteiger charge is -2.27. The maximum Gasteiger partial charge on any atom is 0.335 e. The molecule has 1 heterocycles. The molecule has 6 heteroatoms. The average molecular weight is 333 g/mol. The first kappa shape index (κ1) is 18.0. The van der Waals surface area contributed by atoms with Crippen molar-refractivity contribution in [3.63, 3.8) is 0 Å². The van der Waals surface area contributed by atoms with Gasteiger partial charge in [0.25, 0.3) is 0 Å². The minimum atomic E-state index is -1.00. The summed E-state index contributed by atoms with van der Waals surface area (Å²) >= 11 is 0. The van der Waals surface area contributed by atoms with Crippen molar-refractivity contribution < 1.29 is 24.2 Å². The number of nitrogens with zero attached hydrogens (tertiary/aromatic N) is 1. The zero-order chi connectivity index (χ0) is 17.9. The Morgan fingerprint density at radius 1 is 1.21 bits per heavy atom. The van der Waals surface area contributed by atoms with Crippen LogP contribution >= 0.6 is 0 Å². The van der Waals surface area contributed by atoms with Crippen LogP contribution in [0.1, 0.15) is 49.5 Å². The van der Waals surface area contributed by atoms with E-state index in [-0.39, 0.29) is 23.9 Å². The SMILES string of the molecule is CC(C)(C)OC(=O)C1CCCN1C(=O)Cc1ccc(C(=O)O)cc1. The second-order valence-electron chi connectivity index (χ2n) is 6.96. The fourth-order valence-electron chi connectivity index (χ4n) is 2.72. The van der Waals surface area contributed by atoms with Crippen molar-refractivity contribution in [1.29, 1.82) is 0 Å². The minimum Gasteiger partial charge on any atom is -0.478 e. The molecule has 1 aliphatic heterocycles. The van der Waals surface area contributed by atoms with Crippen LogP contribution in [-0.2, 0) is 20.7 Å². The monoisotopic (exact) mass is 333 g/mol. The number of likely N-dealkylation sites (tertiary alicyclic amines) is 1. The van der Waals surface area contributed by atoms with Crippen LogP contribution in [0.15, 0.2) is 24.3 Å². The number of aromatic carboxylic acids is 1. The number of carbonyl (C=O) groups excluding carboxylic acids is 2. The number of rotatable bonds is 4. The third-order valence-electron chi connectivity index (χ3n) is 3.81. The van der Waals surface area contributed by atoms with Gasteiger partial charge < -0.3 is 14.7 Å². The molecule has 0 radical (unpaired) electrons. The van der Waals surface area contributed by atoms with Crippen LogP contribution in [-0.4, -0.2) is 46.0 Å². The highest BCUT2D eigenvalue weighted by molar-refractivity contribution is 5.88. The third-order valence-corrected chi connectivity index (χ3v) is 3.81. The molecule has 0 aromatic heterocycles. The van der Waals surface area contributed by atoms with Crippen molar-refractivity contribution in [2.24, 2.45) is 0 Å². The van der Waals surface area contributed by atoms with E-state index in [1.165, 1.54) is 12.1 Å². The van der Waals surface area contributed by atoms with Crippen molar-refractivity contribution in [2.45, 2.75) is 51.7 Å². The van der Waals surface area contributed by atoms with Gasteiger partial charge in [-0.25, -0.2) is 9.59 Å². The number of amides is 1. The van der Waals surface area contributed by atoms with Gasteiger partial charge in [-0.1, -0.05) is 12.1 Å². The maximum absolute atomic E-state index is 12.5. The molecule has 6 nitrogen and oxygen atoms in total. The number of carbonyl (C=O) groups is 3. The average Bonchev–Trinajstić information content (AvgIpc) is 2.95. The van der Waals surface area contributed by atoms with E-state index in [0.717, 1.165) is 12.0 Å². The number of hydrogen-bond donors (Lipinski definition) is 1. The van der Waals surface area contributed by atoms with E-state index in [2.05, 4.69) is 0 Å². The van der Waals surface area contributed by atoms with E-state index in [1.54, 1.807) is 37.8 Å². The molecule has 1 atom stereocenters. The maximum atomic E-state index is 12.5. The normalized spacial score (nSPS) is 17.6. The molecule has 24 heavy (non-hydrogen) atoms. The predicted octanol–water partition coefficient (Wildman–Crippen LogP) is 2.26. The molecule has 1 N–H and O–H groups in total. The highest BCUT2D eigenvalue weighted by Gasteiger charge is 2.36. The fraction of sp³-hybridized carbons (Fsp3) is 0.500. The van der Waals surface area contributed by atoms with E-state index in [4.69, 9.17) is 9.84 Å². The lowest BCUT2D eigenvalue weighted by atomic mass is 10.1. The van der Waals surface area contributed by atoms with Crippen molar-refractivity contribution >= 4 is 17.8 Å². The molecule has 0 spiro atoms. The molecule has 0 aliphatic carbocycles. The molecule has 130 valence electrons. The Morgan fingerprint density at radius 3 is 2.38 bits per heavy atom. The Balaban J connectivity index is 2.02. The van der Waals surface area contributed by atoms with Crippen LogP contribution in [0.3, 0.4) is 0 Å². The summed E-state index contributed by atoms with van der Waals surface area (Å²) in [6, 6.07) is 5.66. The standard InChI is InChI=1S/C18H23NO5/c1-18(2,3)24-17(23)14-5-4-10-19(14)15(20)11-12-6-8-13(9-7-12)16(21)22/h6-9,14H,4-5,10-11H2,1-3H3,(H,21,22). The van der Waals surface area contributed by atoms with Crippen LogP contribution in [0.5, 0.6) is 0 Å². The highest BCUT2D eigenvalue weighted by atomic mass is 16.6. The largest absolute Gasteiger partial charge is 0.478 e. The van der Waals surface area contributed by atoms with Gasteiger partial charge in [0.05, 0.1) is 12.0 Å². The van der Waals surface area contributed by atoms with Gasteiger partial charge in [-0.15, -0.1) is 0 Å².